The van der Waals surface area contributed by atoms with Crippen LogP contribution in [-0.4, -0.2) is 42.0 Å². The summed E-state index contributed by atoms with van der Waals surface area (Å²) in [4.78, 5) is 13.4. The van der Waals surface area contributed by atoms with Crippen LogP contribution in [0.3, 0.4) is 0 Å². The lowest BCUT2D eigenvalue weighted by molar-refractivity contribution is -0.383. The van der Waals surface area contributed by atoms with Crippen molar-refractivity contribution >= 4 is 17.1 Å². The summed E-state index contributed by atoms with van der Waals surface area (Å²) < 4.78 is 0. The Bertz CT molecular complexity index is 506. The molecule has 1 fully saturated rings. The molecule has 0 spiro atoms. The number of piperidine rings is 1. The number of hydrogen-bond donors (Lipinski definition) is 2. The molecule has 6 heteroatoms. The van der Waals surface area contributed by atoms with Crippen molar-refractivity contribution in [3.63, 3.8) is 0 Å². The van der Waals surface area contributed by atoms with Gasteiger partial charge in [0.05, 0.1) is 4.92 Å². The van der Waals surface area contributed by atoms with Crippen molar-refractivity contribution in [3.05, 3.63) is 28.3 Å². The summed E-state index contributed by atoms with van der Waals surface area (Å²) in [5.74, 6) is 0. The van der Waals surface area contributed by atoms with Crippen molar-refractivity contribution in [1.29, 1.82) is 0 Å². The van der Waals surface area contributed by atoms with Crippen LogP contribution in [0.1, 0.15) is 26.7 Å². The lowest BCUT2D eigenvalue weighted by atomic mass is 9.98. The van der Waals surface area contributed by atoms with Crippen LogP contribution in [-0.2, 0) is 0 Å². The van der Waals surface area contributed by atoms with Crippen LogP contribution < -0.4 is 10.6 Å². The summed E-state index contributed by atoms with van der Waals surface area (Å²) in [6.45, 7) is 5.80. The first-order valence-corrected chi connectivity index (χ1v) is 7.51. The van der Waals surface area contributed by atoms with Gasteiger partial charge in [-0.25, -0.2) is 0 Å². The zero-order valence-electron chi connectivity index (χ0n) is 12.9. The molecule has 0 radical (unpaired) electrons. The Hall–Kier alpha value is -1.82. The van der Waals surface area contributed by atoms with Crippen LogP contribution in [0.25, 0.3) is 0 Å². The lowest BCUT2D eigenvalue weighted by Gasteiger charge is -2.35. The van der Waals surface area contributed by atoms with Gasteiger partial charge in [0.1, 0.15) is 11.4 Å². The average Bonchev–Trinajstić information content (AvgIpc) is 2.43. The Morgan fingerprint density at radius 2 is 2.14 bits per heavy atom. The van der Waals surface area contributed by atoms with E-state index in [0.717, 1.165) is 19.4 Å². The largest absolute Gasteiger partial charge is 0.380 e. The summed E-state index contributed by atoms with van der Waals surface area (Å²) in [5.41, 5.74) is 1.33. The summed E-state index contributed by atoms with van der Waals surface area (Å²) in [5, 5.41) is 17.8. The van der Waals surface area contributed by atoms with E-state index in [9.17, 15) is 10.1 Å². The Kier molecular flexibility index (Phi) is 5.01. The van der Waals surface area contributed by atoms with Crippen molar-refractivity contribution in [3.8, 4) is 0 Å². The van der Waals surface area contributed by atoms with Crippen molar-refractivity contribution in [2.75, 3.05) is 30.8 Å². The van der Waals surface area contributed by atoms with Crippen molar-refractivity contribution in [2.45, 2.75) is 38.8 Å². The normalized spacial score (nSPS) is 22.8. The molecule has 1 aromatic carbocycles. The number of anilines is 2. The number of likely N-dealkylation sites (tertiary alicyclic amines) is 1. The molecule has 0 bridgehead atoms. The van der Waals surface area contributed by atoms with Gasteiger partial charge in [0.25, 0.3) is 0 Å². The van der Waals surface area contributed by atoms with Gasteiger partial charge in [0.15, 0.2) is 0 Å². The van der Waals surface area contributed by atoms with E-state index in [2.05, 4.69) is 29.5 Å². The quantitative estimate of drug-likeness (QED) is 0.645. The molecule has 0 amide bonds. The molecule has 1 aliphatic heterocycles. The van der Waals surface area contributed by atoms with Gasteiger partial charge in [-0.05, 0) is 45.9 Å². The molecule has 6 nitrogen and oxygen atoms in total. The number of para-hydroxylation sites is 1. The third-order valence-electron chi connectivity index (χ3n) is 4.15. The molecular formula is C15H24N4O2. The highest BCUT2D eigenvalue weighted by Gasteiger charge is 2.26. The number of nitro groups is 1. The fourth-order valence-corrected chi connectivity index (χ4v) is 2.83. The summed E-state index contributed by atoms with van der Waals surface area (Å²) in [7, 11) is 2.12. The molecule has 1 saturated heterocycles. The van der Waals surface area contributed by atoms with E-state index in [0.29, 0.717) is 24.0 Å². The maximum absolute atomic E-state index is 11.4. The van der Waals surface area contributed by atoms with Crippen molar-refractivity contribution in [2.24, 2.45) is 0 Å². The minimum absolute atomic E-state index is 0.144. The third kappa shape index (κ3) is 3.64. The molecule has 1 aromatic rings. The molecule has 2 N–H and O–H groups in total. The van der Waals surface area contributed by atoms with Crippen LogP contribution in [0, 0.1) is 10.1 Å². The zero-order valence-corrected chi connectivity index (χ0v) is 12.9. The first kappa shape index (κ1) is 15.6. The van der Waals surface area contributed by atoms with E-state index in [-0.39, 0.29) is 16.7 Å². The van der Waals surface area contributed by atoms with Crippen LogP contribution in [0.15, 0.2) is 18.2 Å². The van der Waals surface area contributed by atoms with Gasteiger partial charge in [-0.2, -0.15) is 0 Å². The molecule has 21 heavy (non-hydrogen) atoms. The van der Waals surface area contributed by atoms with E-state index in [1.54, 1.807) is 12.1 Å². The lowest BCUT2D eigenvalue weighted by Crippen LogP contribution is -2.42. The van der Waals surface area contributed by atoms with E-state index in [4.69, 9.17) is 0 Å². The molecule has 1 aliphatic rings. The van der Waals surface area contributed by atoms with Gasteiger partial charge >= 0.3 is 5.69 Å². The van der Waals surface area contributed by atoms with Gasteiger partial charge in [-0.3, -0.25) is 10.1 Å². The first-order chi connectivity index (χ1) is 10.0. The highest BCUT2D eigenvalue weighted by atomic mass is 16.6. The smallest absolute Gasteiger partial charge is 0.315 e. The number of nitrogens with zero attached hydrogens (tertiary/aromatic N) is 2. The summed E-state index contributed by atoms with van der Waals surface area (Å²) >= 11 is 0. The molecule has 116 valence electrons. The molecule has 0 aromatic heterocycles. The molecule has 2 unspecified atom stereocenters. The number of nitrogens with one attached hydrogen (secondary N) is 2. The predicted octanol–water partition coefficient (Wildman–Crippen LogP) is 2.92. The molecule has 2 atom stereocenters. The Morgan fingerprint density at radius 1 is 1.43 bits per heavy atom. The number of benzene rings is 1. The third-order valence-corrected chi connectivity index (χ3v) is 4.15. The van der Waals surface area contributed by atoms with Crippen LogP contribution in [0.4, 0.5) is 17.1 Å². The number of nitro benzene ring substituents is 1. The monoisotopic (exact) mass is 292 g/mol. The van der Waals surface area contributed by atoms with Gasteiger partial charge in [0, 0.05) is 25.2 Å². The second-order valence-electron chi connectivity index (χ2n) is 5.68. The number of rotatable bonds is 5. The van der Waals surface area contributed by atoms with E-state index in [1.807, 2.05) is 13.0 Å². The van der Waals surface area contributed by atoms with E-state index < -0.39 is 0 Å². The molecule has 1 heterocycles. The zero-order chi connectivity index (χ0) is 15.4. The minimum Gasteiger partial charge on any atom is -0.380 e. The van der Waals surface area contributed by atoms with Crippen molar-refractivity contribution < 1.29 is 4.92 Å². The second kappa shape index (κ2) is 6.76. The maximum Gasteiger partial charge on any atom is 0.315 e. The topological polar surface area (TPSA) is 70.4 Å². The average molecular weight is 292 g/mol. The molecule has 0 saturated carbocycles. The molecule has 2 rings (SSSR count). The fraction of sp³-hybridized carbons (Fsp3) is 0.600. The molecular weight excluding hydrogens is 268 g/mol. The highest BCUT2D eigenvalue weighted by molar-refractivity contribution is 5.76. The molecule has 0 aliphatic carbocycles. The Balaban J connectivity index is 2.19. The van der Waals surface area contributed by atoms with Crippen LogP contribution >= 0.6 is 0 Å². The predicted molar refractivity (Wildman–Crippen MR) is 86.0 cm³/mol. The Labute approximate surface area is 125 Å². The minimum atomic E-state index is -0.307. The van der Waals surface area contributed by atoms with Crippen LogP contribution in [0.5, 0.6) is 0 Å². The van der Waals surface area contributed by atoms with Gasteiger partial charge in [-0.15, -0.1) is 0 Å². The van der Waals surface area contributed by atoms with E-state index >= 15 is 0 Å². The van der Waals surface area contributed by atoms with Gasteiger partial charge in [-0.1, -0.05) is 6.07 Å². The highest BCUT2D eigenvalue weighted by Crippen LogP contribution is 2.34. The second-order valence-corrected chi connectivity index (χ2v) is 5.68. The summed E-state index contributed by atoms with van der Waals surface area (Å²) in [6.07, 6.45) is 2.00. The van der Waals surface area contributed by atoms with Gasteiger partial charge < -0.3 is 15.5 Å². The Morgan fingerprint density at radius 3 is 2.76 bits per heavy atom. The number of hydrogen-bond acceptors (Lipinski definition) is 5. The van der Waals surface area contributed by atoms with Gasteiger partial charge in [0.2, 0.25) is 0 Å². The van der Waals surface area contributed by atoms with E-state index in [1.165, 1.54) is 0 Å². The maximum atomic E-state index is 11.4. The standard InChI is InChI=1S/C15H24N4O2/c1-4-16-13-6-5-7-14(15(13)19(20)21)17-12-8-9-18(3)11(2)10-12/h5-7,11-12,16-17H,4,8-10H2,1-3H3. The van der Waals surface area contributed by atoms with Crippen molar-refractivity contribution in [1.82, 2.24) is 4.90 Å². The first-order valence-electron chi connectivity index (χ1n) is 7.51. The SMILES string of the molecule is CCNc1cccc(NC2CCN(C)C(C)C2)c1[N+](=O)[O-]. The summed E-state index contributed by atoms with van der Waals surface area (Å²) in [6, 6.07) is 6.18. The van der Waals surface area contributed by atoms with Crippen LogP contribution in [0.2, 0.25) is 0 Å². The fourth-order valence-electron chi connectivity index (χ4n) is 2.83.